The lowest BCUT2D eigenvalue weighted by atomic mass is 10.3. The zero-order chi connectivity index (χ0) is 15.5. The molecule has 1 aliphatic rings. The Balaban J connectivity index is 1.78. The molecule has 0 radical (unpaired) electrons. The Hall–Kier alpha value is -3.15. The third-order valence-electron chi connectivity index (χ3n) is 3.25. The number of anilines is 2. The molecule has 22 heavy (non-hydrogen) atoms. The number of nitrogens with one attached hydrogen (secondary N) is 1. The molecule has 1 fully saturated rings. The summed E-state index contributed by atoms with van der Waals surface area (Å²) < 4.78 is 0. The van der Waals surface area contributed by atoms with Gasteiger partial charge in [0.1, 0.15) is 6.54 Å². The van der Waals surface area contributed by atoms with Gasteiger partial charge < -0.3 is 5.32 Å². The molecule has 110 valence electrons. The van der Waals surface area contributed by atoms with Crippen LogP contribution in [0.4, 0.5) is 21.0 Å². The second-order valence-corrected chi connectivity index (χ2v) is 4.73. The maximum Gasteiger partial charge on any atom is 0.340 e. The van der Waals surface area contributed by atoms with Crippen LogP contribution in [-0.4, -0.2) is 29.4 Å². The first-order valence-corrected chi connectivity index (χ1v) is 6.72. The number of rotatable bonds is 2. The van der Waals surface area contributed by atoms with Gasteiger partial charge in [-0.1, -0.05) is 36.4 Å². The summed E-state index contributed by atoms with van der Waals surface area (Å²) in [5, 5.41) is 2.59. The van der Waals surface area contributed by atoms with Gasteiger partial charge in [0.15, 0.2) is 0 Å². The maximum absolute atomic E-state index is 12.3. The lowest BCUT2D eigenvalue weighted by Gasteiger charge is -2.16. The van der Waals surface area contributed by atoms with E-state index in [0.717, 1.165) is 9.80 Å². The Labute approximate surface area is 126 Å². The minimum Gasteiger partial charge on any atom is -0.307 e. The quantitative estimate of drug-likeness (QED) is 0.866. The van der Waals surface area contributed by atoms with E-state index in [1.165, 1.54) is 0 Å². The highest BCUT2D eigenvalue weighted by Gasteiger charge is 2.40. The standard InChI is InChI=1S/C16H13N3O3/c20-14-11-18(15(21)17-12-7-3-1-4-8-12)16(22)19(14)13-9-5-2-6-10-13/h1-10H,11H2,(H,17,21). The molecular weight excluding hydrogens is 282 g/mol. The van der Waals surface area contributed by atoms with E-state index in [-0.39, 0.29) is 6.54 Å². The topological polar surface area (TPSA) is 69.7 Å². The largest absolute Gasteiger partial charge is 0.340 e. The van der Waals surface area contributed by atoms with Crippen molar-refractivity contribution < 1.29 is 14.4 Å². The molecule has 2 aromatic carbocycles. The average Bonchev–Trinajstić information content (AvgIpc) is 2.84. The number of para-hydroxylation sites is 2. The summed E-state index contributed by atoms with van der Waals surface area (Å²) in [6.07, 6.45) is 0. The molecule has 1 saturated heterocycles. The molecule has 0 aromatic heterocycles. The predicted octanol–water partition coefficient (Wildman–Crippen LogP) is 2.69. The molecule has 0 spiro atoms. The summed E-state index contributed by atoms with van der Waals surface area (Å²) in [7, 11) is 0. The first-order valence-electron chi connectivity index (χ1n) is 6.72. The zero-order valence-corrected chi connectivity index (χ0v) is 11.6. The Morgan fingerprint density at radius 3 is 2.14 bits per heavy atom. The van der Waals surface area contributed by atoms with Crippen LogP contribution in [0.2, 0.25) is 0 Å². The maximum atomic E-state index is 12.3. The summed E-state index contributed by atoms with van der Waals surface area (Å²) in [4.78, 5) is 38.4. The molecule has 3 rings (SSSR count). The van der Waals surface area contributed by atoms with E-state index >= 15 is 0 Å². The number of nitrogens with zero attached hydrogens (tertiary/aromatic N) is 2. The second kappa shape index (κ2) is 5.69. The lowest BCUT2D eigenvalue weighted by molar-refractivity contribution is -0.116. The van der Waals surface area contributed by atoms with Gasteiger partial charge in [0.2, 0.25) is 0 Å². The van der Waals surface area contributed by atoms with Crippen LogP contribution in [-0.2, 0) is 4.79 Å². The van der Waals surface area contributed by atoms with E-state index in [1.54, 1.807) is 54.6 Å². The van der Waals surface area contributed by atoms with Gasteiger partial charge in [-0.15, -0.1) is 0 Å². The third-order valence-corrected chi connectivity index (χ3v) is 3.25. The van der Waals surface area contributed by atoms with Gasteiger partial charge in [0.05, 0.1) is 5.69 Å². The number of amides is 5. The minimum absolute atomic E-state index is 0.271. The molecule has 0 unspecified atom stereocenters. The van der Waals surface area contributed by atoms with Gasteiger partial charge in [-0.25, -0.2) is 19.4 Å². The van der Waals surface area contributed by atoms with Crippen molar-refractivity contribution >= 4 is 29.3 Å². The van der Waals surface area contributed by atoms with E-state index in [2.05, 4.69) is 5.32 Å². The SMILES string of the molecule is O=C(Nc1ccccc1)N1CC(=O)N(c2ccccc2)C1=O. The van der Waals surface area contributed by atoms with Gasteiger partial charge in [0, 0.05) is 5.69 Å². The number of imide groups is 2. The molecule has 5 amide bonds. The molecule has 2 aromatic rings. The zero-order valence-electron chi connectivity index (χ0n) is 11.6. The molecule has 6 nitrogen and oxygen atoms in total. The summed E-state index contributed by atoms with van der Waals surface area (Å²) in [5.41, 5.74) is 1.01. The van der Waals surface area contributed by atoms with Crippen molar-refractivity contribution in [3.63, 3.8) is 0 Å². The van der Waals surface area contributed by atoms with Crippen molar-refractivity contribution in [1.82, 2.24) is 4.90 Å². The number of hydrogen-bond donors (Lipinski definition) is 1. The summed E-state index contributed by atoms with van der Waals surface area (Å²) in [6.45, 7) is -0.271. The van der Waals surface area contributed by atoms with Crippen LogP contribution in [0, 0.1) is 0 Å². The highest BCUT2D eigenvalue weighted by Crippen LogP contribution is 2.21. The van der Waals surface area contributed by atoms with Crippen molar-refractivity contribution in [3.8, 4) is 0 Å². The minimum atomic E-state index is -0.648. The fraction of sp³-hybridized carbons (Fsp3) is 0.0625. The first kappa shape index (κ1) is 13.8. The number of hydrogen-bond acceptors (Lipinski definition) is 3. The van der Waals surface area contributed by atoms with Crippen LogP contribution in [0.1, 0.15) is 0 Å². The number of urea groups is 2. The van der Waals surface area contributed by atoms with Crippen LogP contribution in [0.3, 0.4) is 0 Å². The van der Waals surface area contributed by atoms with Crippen molar-refractivity contribution in [3.05, 3.63) is 60.7 Å². The molecule has 0 bridgehead atoms. The Morgan fingerprint density at radius 1 is 0.909 bits per heavy atom. The van der Waals surface area contributed by atoms with E-state index in [0.29, 0.717) is 11.4 Å². The number of carbonyl (C=O) groups is 3. The molecule has 1 heterocycles. The first-order chi connectivity index (χ1) is 10.7. The van der Waals surface area contributed by atoms with Crippen molar-refractivity contribution in [2.45, 2.75) is 0 Å². The Morgan fingerprint density at radius 2 is 1.50 bits per heavy atom. The van der Waals surface area contributed by atoms with Crippen LogP contribution in [0.15, 0.2) is 60.7 Å². The van der Waals surface area contributed by atoms with E-state index < -0.39 is 18.0 Å². The normalized spacial score (nSPS) is 14.4. The van der Waals surface area contributed by atoms with Crippen molar-refractivity contribution in [1.29, 1.82) is 0 Å². The van der Waals surface area contributed by atoms with Gasteiger partial charge >= 0.3 is 12.1 Å². The van der Waals surface area contributed by atoms with Gasteiger partial charge in [-0.2, -0.15) is 0 Å². The third kappa shape index (κ3) is 2.54. The van der Waals surface area contributed by atoms with Crippen LogP contribution in [0.5, 0.6) is 0 Å². The lowest BCUT2D eigenvalue weighted by Crippen LogP contribution is -2.39. The fourth-order valence-electron chi connectivity index (χ4n) is 2.20. The molecule has 1 N–H and O–H groups in total. The molecule has 0 saturated carbocycles. The summed E-state index contributed by atoms with van der Waals surface area (Å²) in [6, 6.07) is 16.0. The average molecular weight is 295 g/mol. The van der Waals surface area contributed by atoms with E-state index in [1.807, 2.05) is 6.07 Å². The summed E-state index contributed by atoms with van der Waals surface area (Å²) in [5.74, 6) is -0.431. The molecule has 0 aliphatic carbocycles. The van der Waals surface area contributed by atoms with Gasteiger partial charge in [-0.3, -0.25) is 4.79 Å². The summed E-state index contributed by atoms with van der Waals surface area (Å²) >= 11 is 0. The van der Waals surface area contributed by atoms with Crippen LogP contribution in [0.25, 0.3) is 0 Å². The van der Waals surface area contributed by atoms with E-state index in [9.17, 15) is 14.4 Å². The van der Waals surface area contributed by atoms with Gasteiger partial charge in [0.25, 0.3) is 5.91 Å². The smallest absolute Gasteiger partial charge is 0.307 e. The number of carbonyl (C=O) groups excluding carboxylic acids is 3. The highest BCUT2D eigenvalue weighted by molar-refractivity contribution is 6.24. The monoisotopic (exact) mass is 295 g/mol. The number of benzene rings is 2. The highest BCUT2D eigenvalue weighted by atomic mass is 16.2. The van der Waals surface area contributed by atoms with E-state index in [4.69, 9.17) is 0 Å². The van der Waals surface area contributed by atoms with Crippen molar-refractivity contribution in [2.75, 3.05) is 16.8 Å². The second-order valence-electron chi connectivity index (χ2n) is 4.73. The van der Waals surface area contributed by atoms with Crippen molar-refractivity contribution in [2.24, 2.45) is 0 Å². The fourth-order valence-corrected chi connectivity index (χ4v) is 2.20. The van der Waals surface area contributed by atoms with Crippen LogP contribution < -0.4 is 10.2 Å². The Bertz CT molecular complexity index is 716. The molecule has 0 atom stereocenters. The molecule has 6 heteroatoms. The van der Waals surface area contributed by atoms with Crippen LogP contribution >= 0.6 is 0 Å². The Kier molecular flexibility index (Phi) is 3.57. The predicted molar refractivity (Wildman–Crippen MR) is 81.5 cm³/mol. The molecular formula is C16H13N3O3. The molecule has 1 aliphatic heterocycles. The van der Waals surface area contributed by atoms with Gasteiger partial charge in [-0.05, 0) is 24.3 Å².